The number of hydrogen-bond acceptors (Lipinski definition) is 5. The minimum absolute atomic E-state index is 0.103. The number of halogens is 3. The third-order valence-electron chi connectivity index (χ3n) is 5.73. The van der Waals surface area contributed by atoms with Gasteiger partial charge in [-0.15, -0.1) is 0 Å². The molecule has 1 saturated carbocycles. The van der Waals surface area contributed by atoms with Gasteiger partial charge < -0.3 is 15.2 Å². The van der Waals surface area contributed by atoms with E-state index < -0.39 is 11.7 Å². The van der Waals surface area contributed by atoms with Crippen molar-refractivity contribution in [2.24, 2.45) is 0 Å². The number of imidazole rings is 1. The van der Waals surface area contributed by atoms with Crippen LogP contribution in [-0.4, -0.2) is 37.6 Å². The van der Waals surface area contributed by atoms with E-state index >= 15 is 0 Å². The topological polar surface area (TPSA) is 88.0 Å². The van der Waals surface area contributed by atoms with Gasteiger partial charge in [-0.2, -0.15) is 18.2 Å². The van der Waals surface area contributed by atoms with Crippen molar-refractivity contribution in [1.29, 1.82) is 0 Å². The Hall–Kier alpha value is -3.63. The molecule has 166 valence electrons. The molecule has 1 spiro atoms. The fraction of sp³-hybridized carbons (Fsp3) is 0.333. The van der Waals surface area contributed by atoms with Gasteiger partial charge in [-0.3, -0.25) is 4.90 Å². The summed E-state index contributed by atoms with van der Waals surface area (Å²) in [6, 6.07) is 6.13. The molecule has 2 N–H and O–H groups in total. The lowest BCUT2D eigenvalue weighted by Gasteiger charge is -2.16. The second kappa shape index (κ2) is 7.21. The molecule has 2 aromatic heterocycles. The molecule has 3 heterocycles. The van der Waals surface area contributed by atoms with E-state index in [0.717, 1.165) is 25.0 Å². The van der Waals surface area contributed by atoms with E-state index in [0.29, 0.717) is 29.7 Å². The molecular formula is C21H20F3N7O. The normalized spacial score (nSPS) is 18.0. The van der Waals surface area contributed by atoms with Crippen LogP contribution in [0.25, 0.3) is 5.69 Å². The SMILES string of the molecule is C[C@H](Nc1nccc(N2CC3(CC3)NC2=O)n1)c1cn(-c2ccc(C(F)(F)F)cc2)cn1. The minimum Gasteiger partial charge on any atom is -0.346 e. The van der Waals surface area contributed by atoms with E-state index in [9.17, 15) is 18.0 Å². The maximum Gasteiger partial charge on any atom is 0.416 e. The van der Waals surface area contributed by atoms with Crippen LogP contribution in [0, 0.1) is 0 Å². The highest BCUT2D eigenvalue weighted by atomic mass is 19.4. The van der Waals surface area contributed by atoms with Gasteiger partial charge in [0.05, 0.1) is 35.7 Å². The van der Waals surface area contributed by atoms with Gasteiger partial charge in [0.15, 0.2) is 0 Å². The summed E-state index contributed by atoms with van der Waals surface area (Å²) in [6.07, 6.45) is 2.43. The zero-order valence-corrected chi connectivity index (χ0v) is 17.1. The molecule has 1 saturated heterocycles. The van der Waals surface area contributed by atoms with E-state index in [1.54, 1.807) is 27.9 Å². The van der Waals surface area contributed by atoms with Crippen molar-refractivity contribution in [3.63, 3.8) is 0 Å². The van der Waals surface area contributed by atoms with Crippen molar-refractivity contribution >= 4 is 17.8 Å². The van der Waals surface area contributed by atoms with Crippen LogP contribution in [0.5, 0.6) is 0 Å². The molecule has 0 unspecified atom stereocenters. The number of hydrogen-bond donors (Lipinski definition) is 2. The van der Waals surface area contributed by atoms with Crippen molar-refractivity contribution in [3.8, 4) is 5.69 Å². The standard InChI is InChI=1S/C21H20F3N7O/c1-13(16-10-30(12-26-16)15-4-2-14(3-5-15)21(22,23)24)27-18-25-9-6-17(28-18)31-11-20(7-8-20)29-19(31)32/h2-6,9-10,12-13H,7-8,11H2,1H3,(H,29,32)(H,25,27,28)/t13-/m0/s1. The Morgan fingerprint density at radius 3 is 2.56 bits per heavy atom. The first-order valence-electron chi connectivity index (χ1n) is 10.1. The molecule has 1 aliphatic carbocycles. The van der Waals surface area contributed by atoms with Gasteiger partial charge >= 0.3 is 12.2 Å². The quantitative estimate of drug-likeness (QED) is 0.624. The maximum atomic E-state index is 12.8. The number of carbonyl (C=O) groups is 1. The van der Waals surface area contributed by atoms with Gasteiger partial charge in [0.2, 0.25) is 5.95 Å². The number of amides is 2. The number of urea groups is 1. The molecule has 0 radical (unpaired) electrons. The summed E-state index contributed by atoms with van der Waals surface area (Å²) < 4.78 is 39.9. The molecule has 8 nitrogen and oxygen atoms in total. The summed E-state index contributed by atoms with van der Waals surface area (Å²) in [6.45, 7) is 2.46. The van der Waals surface area contributed by atoms with Crippen molar-refractivity contribution in [3.05, 3.63) is 60.3 Å². The molecule has 2 amide bonds. The Bertz CT molecular complexity index is 1150. The zero-order valence-electron chi connectivity index (χ0n) is 17.1. The lowest BCUT2D eigenvalue weighted by molar-refractivity contribution is -0.137. The average molecular weight is 443 g/mol. The van der Waals surface area contributed by atoms with Crippen molar-refractivity contribution < 1.29 is 18.0 Å². The molecule has 5 rings (SSSR count). The number of nitrogens with one attached hydrogen (secondary N) is 2. The Balaban J connectivity index is 1.28. The Kier molecular flexibility index (Phi) is 4.57. The second-order valence-electron chi connectivity index (χ2n) is 8.15. The van der Waals surface area contributed by atoms with Crippen LogP contribution in [0.4, 0.5) is 29.7 Å². The number of benzene rings is 1. The minimum atomic E-state index is -4.37. The van der Waals surface area contributed by atoms with E-state index in [1.807, 2.05) is 6.92 Å². The van der Waals surface area contributed by atoms with Gasteiger partial charge in [-0.1, -0.05) is 0 Å². The molecule has 32 heavy (non-hydrogen) atoms. The number of anilines is 2. The van der Waals surface area contributed by atoms with Gasteiger partial charge in [-0.25, -0.2) is 14.8 Å². The molecule has 3 aromatic rings. The van der Waals surface area contributed by atoms with Crippen LogP contribution in [0.15, 0.2) is 49.1 Å². The molecule has 11 heteroatoms. The predicted molar refractivity (Wildman–Crippen MR) is 110 cm³/mol. The largest absolute Gasteiger partial charge is 0.416 e. The predicted octanol–water partition coefficient (Wildman–Crippen LogP) is 3.92. The fourth-order valence-electron chi connectivity index (χ4n) is 3.69. The fourth-order valence-corrected chi connectivity index (χ4v) is 3.69. The van der Waals surface area contributed by atoms with Crippen LogP contribution in [-0.2, 0) is 6.18 Å². The van der Waals surface area contributed by atoms with Crippen LogP contribution in [0.2, 0.25) is 0 Å². The summed E-state index contributed by atoms with van der Waals surface area (Å²) in [5, 5.41) is 6.16. The summed E-state index contributed by atoms with van der Waals surface area (Å²) in [7, 11) is 0. The highest BCUT2D eigenvalue weighted by Crippen LogP contribution is 2.40. The van der Waals surface area contributed by atoms with E-state index in [2.05, 4.69) is 25.6 Å². The maximum absolute atomic E-state index is 12.8. The Labute approximate surface area is 181 Å². The summed E-state index contributed by atoms with van der Waals surface area (Å²) in [4.78, 5) is 26.9. The zero-order chi connectivity index (χ0) is 22.5. The van der Waals surface area contributed by atoms with Gasteiger partial charge in [-0.05, 0) is 50.1 Å². The average Bonchev–Trinajstić information content (AvgIpc) is 3.19. The first-order valence-corrected chi connectivity index (χ1v) is 10.1. The number of nitrogens with zero attached hydrogens (tertiary/aromatic N) is 5. The van der Waals surface area contributed by atoms with Gasteiger partial charge in [0, 0.05) is 18.1 Å². The monoisotopic (exact) mass is 443 g/mol. The molecule has 2 fully saturated rings. The Morgan fingerprint density at radius 2 is 1.91 bits per heavy atom. The first-order chi connectivity index (χ1) is 15.2. The summed E-state index contributed by atoms with van der Waals surface area (Å²) >= 11 is 0. The van der Waals surface area contributed by atoms with Gasteiger partial charge in [0.1, 0.15) is 5.82 Å². The molecule has 0 bridgehead atoms. The van der Waals surface area contributed by atoms with E-state index in [-0.39, 0.29) is 17.6 Å². The molecule has 1 aromatic carbocycles. The summed E-state index contributed by atoms with van der Waals surface area (Å²) in [5.41, 5.74) is 0.424. The highest BCUT2D eigenvalue weighted by molar-refractivity contribution is 5.95. The van der Waals surface area contributed by atoms with Crippen LogP contribution >= 0.6 is 0 Å². The first kappa shape index (κ1) is 20.3. The lowest BCUT2D eigenvalue weighted by atomic mass is 10.2. The number of rotatable bonds is 5. The van der Waals surface area contributed by atoms with E-state index in [1.165, 1.54) is 18.5 Å². The number of carbonyl (C=O) groups excluding carboxylic acids is 1. The number of alkyl halides is 3. The second-order valence-corrected chi connectivity index (χ2v) is 8.15. The van der Waals surface area contributed by atoms with Crippen LogP contribution < -0.4 is 15.5 Å². The molecule has 2 aliphatic rings. The lowest BCUT2D eigenvalue weighted by Crippen LogP contribution is -2.29. The van der Waals surface area contributed by atoms with Crippen LogP contribution in [0.3, 0.4) is 0 Å². The third-order valence-corrected chi connectivity index (χ3v) is 5.73. The summed E-state index contributed by atoms with van der Waals surface area (Å²) in [5.74, 6) is 0.870. The van der Waals surface area contributed by atoms with Crippen molar-refractivity contribution in [2.45, 2.75) is 37.5 Å². The molecule has 1 aliphatic heterocycles. The molecule has 1 atom stereocenters. The Morgan fingerprint density at radius 1 is 1.16 bits per heavy atom. The van der Waals surface area contributed by atoms with Crippen LogP contribution in [0.1, 0.15) is 37.1 Å². The van der Waals surface area contributed by atoms with Gasteiger partial charge in [0.25, 0.3) is 0 Å². The van der Waals surface area contributed by atoms with Crippen molar-refractivity contribution in [2.75, 3.05) is 16.8 Å². The van der Waals surface area contributed by atoms with Crippen molar-refractivity contribution in [1.82, 2.24) is 24.8 Å². The highest BCUT2D eigenvalue weighted by Gasteiger charge is 2.52. The number of aromatic nitrogens is 4. The van der Waals surface area contributed by atoms with E-state index in [4.69, 9.17) is 0 Å². The third kappa shape index (κ3) is 3.85. The smallest absolute Gasteiger partial charge is 0.346 e. The molecular weight excluding hydrogens is 423 g/mol.